The smallest absolute Gasteiger partial charge is 0.306 e. The highest BCUT2D eigenvalue weighted by Gasteiger charge is 2.24. The van der Waals surface area contributed by atoms with E-state index >= 15 is 0 Å². The van der Waals surface area contributed by atoms with Crippen LogP contribution in [0.3, 0.4) is 0 Å². The highest BCUT2D eigenvalue weighted by Crippen LogP contribution is 2.31. The molecule has 0 aromatic rings. The van der Waals surface area contributed by atoms with E-state index in [0.29, 0.717) is 62.2 Å². The van der Waals surface area contributed by atoms with Gasteiger partial charge in [0.25, 0.3) is 0 Å². The minimum absolute atomic E-state index is 0.000550. The third kappa shape index (κ3) is 27.8. The Kier molecular flexibility index (Phi) is 30.2. The second-order valence-electron chi connectivity index (χ2n) is 21.0. The third-order valence-electron chi connectivity index (χ3n) is 15.0. The maximum absolute atomic E-state index is 12.9. The molecule has 1 N–H and O–H groups in total. The van der Waals surface area contributed by atoms with E-state index < -0.39 is 30.3 Å². The van der Waals surface area contributed by atoms with Gasteiger partial charge in [-0.15, -0.1) is 0 Å². The Bertz CT molecular complexity index is 1230. The summed E-state index contributed by atoms with van der Waals surface area (Å²) in [6.07, 6.45) is 31.6. The first kappa shape index (κ1) is 57.4. The zero-order chi connectivity index (χ0) is 48.4. The number of carbonyl (C=O) groups excluding carboxylic acids is 6. The number of carbonyl (C=O) groups is 6. The van der Waals surface area contributed by atoms with Gasteiger partial charge in [-0.1, -0.05) is 128 Å². The minimum atomic E-state index is -0.934. The van der Waals surface area contributed by atoms with E-state index in [2.05, 4.69) is 0 Å². The van der Waals surface area contributed by atoms with Crippen LogP contribution in [0.25, 0.3) is 0 Å². The summed E-state index contributed by atoms with van der Waals surface area (Å²) in [5, 5.41) is 10.7. The van der Waals surface area contributed by atoms with E-state index in [1.54, 1.807) is 0 Å². The first-order valence-electron chi connectivity index (χ1n) is 27.8. The van der Waals surface area contributed by atoms with Gasteiger partial charge in [-0.3, -0.25) is 28.8 Å². The molecular formula is C55H92O13. The lowest BCUT2D eigenvalue weighted by Gasteiger charge is -2.21. The molecule has 0 saturated heterocycles. The number of ether oxygens (including phenoxy) is 6. The third-order valence-corrected chi connectivity index (χ3v) is 15.0. The van der Waals surface area contributed by atoms with Crippen LogP contribution in [0.4, 0.5) is 0 Å². The van der Waals surface area contributed by atoms with E-state index in [9.17, 15) is 33.9 Å². The zero-order valence-electron chi connectivity index (χ0n) is 42.1. The van der Waals surface area contributed by atoms with Crippen molar-refractivity contribution in [3.63, 3.8) is 0 Å². The fourth-order valence-electron chi connectivity index (χ4n) is 10.9. The van der Waals surface area contributed by atoms with Crippen molar-refractivity contribution in [2.45, 2.75) is 262 Å². The van der Waals surface area contributed by atoms with Gasteiger partial charge in [-0.25, -0.2) is 0 Å². The van der Waals surface area contributed by atoms with E-state index in [-0.39, 0.29) is 76.0 Å². The number of hydrogen-bond acceptors (Lipinski definition) is 13. The first-order valence-corrected chi connectivity index (χ1v) is 27.8. The summed E-state index contributed by atoms with van der Waals surface area (Å²) in [5.74, 6) is 0.125. The summed E-state index contributed by atoms with van der Waals surface area (Å²) in [5.41, 5.74) is 0. The van der Waals surface area contributed by atoms with Crippen LogP contribution >= 0.6 is 0 Å². The largest absolute Gasteiger partial charge is 0.462 e. The summed E-state index contributed by atoms with van der Waals surface area (Å²) in [6.45, 7) is -0.799. The molecule has 0 aromatic heterocycles. The van der Waals surface area contributed by atoms with Gasteiger partial charge in [0.2, 0.25) is 0 Å². The topological polar surface area (TPSA) is 178 Å². The monoisotopic (exact) mass is 961 g/mol. The molecule has 4 aliphatic rings. The van der Waals surface area contributed by atoms with Gasteiger partial charge in [0.1, 0.15) is 26.4 Å². The summed E-state index contributed by atoms with van der Waals surface area (Å²) in [7, 11) is 0. The van der Waals surface area contributed by atoms with Gasteiger partial charge in [0, 0.05) is 38.5 Å². The molecule has 13 nitrogen and oxygen atoms in total. The lowest BCUT2D eigenvalue weighted by molar-refractivity contribution is -0.167. The van der Waals surface area contributed by atoms with Crippen molar-refractivity contribution >= 4 is 35.8 Å². The van der Waals surface area contributed by atoms with Crippen molar-refractivity contribution in [3.8, 4) is 0 Å². The molecule has 0 amide bonds. The maximum atomic E-state index is 12.9. The van der Waals surface area contributed by atoms with Crippen LogP contribution in [-0.2, 0) is 57.2 Å². The number of esters is 6. The Labute approximate surface area is 409 Å². The van der Waals surface area contributed by atoms with Crippen LogP contribution in [0.15, 0.2) is 0 Å². The second-order valence-corrected chi connectivity index (χ2v) is 21.0. The molecule has 4 aliphatic carbocycles. The van der Waals surface area contributed by atoms with Crippen LogP contribution in [0.5, 0.6) is 0 Å². The Balaban J connectivity index is 1.13. The predicted molar refractivity (Wildman–Crippen MR) is 259 cm³/mol. The summed E-state index contributed by atoms with van der Waals surface area (Å²) in [4.78, 5) is 76.4. The fourth-order valence-corrected chi connectivity index (χ4v) is 10.9. The van der Waals surface area contributed by atoms with E-state index in [0.717, 1.165) is 51.4 Å². The molecule has 0 heterocycles. The average molecular weight is 961 g/mol. The van der Waals surface area contributed by atoms with Crippen molar-refractivity contribution in [1.29, 1.82) is 0 Å². The number of aliphatic hydroxyl groups excluding tert-OH is 1. The molecule has 0 unspecified atom stereocenters. The molecule has 68 heavy (non-hydrogen) atoms. The first-order chi connectivity index (χ1) is 33.1. The summed E-state index contributed by atoms with van der Waals surface area (Å²) >= 11 is 0. The quantitative estimate of drug-likeness (QED) is 0.0476. The Hall–Kier alpha value is -3.22. The van der Waals surface area contributed by atoms with Gasteiger partial charge >= 0.3 is 35.8 Å². The Morgan fingerprint density at radius 3 is 0.824 bits per heavy atom. The van der Waals surface area contributed by atoms with Crippen LogP contribution < -0.4 is 0 Å². The molecule has 0 aromatic carbocycles. The number of rotatable bonds is 34. The lowest BCUT2D eigenvalue weighted by atomic mass is 9.86. The lowest BCUT2D eigenvalue weighted by Crippen LogP contribution is -2.31. The number of hydrogen-bond donors (Lipinski definition) is 1. The summed E-state index contributed by atoms with van der Waals surface area (Å²) in [6, 6.07) is 0. The molecule has 13 heteroatoms. The van der Waals surface area contributed by atoms with Gasteiger partial charge in [0.15, 0.2) is 12.2 Å². The predicted octanol–water partition coefficient (Wildman–Crippen LogP) is 11.7. The maximum Gasteiger partial charge on any atom is 0.306 e. The average Bonchev–Trinajstić information content (AvgIpc) is 3.34. The Morgan fingerprint density at radius 1 is 0.338 bits per heavy atom. The van der Waals surface area contributed by atoms with Crippen LogP contribution in [0, 0.1) is 23.7 Å². The van der Waals surface area contributed by atoms with E-state index in [1.807, 2.05) is 0 Å². The van der Waals surface area contributed by atoms with Gasteiger partial charge in [0.05, 0.1) is 6.10 Å². The molecule has 0 bridgehead atoms. The summed E-state index contributed by atoms with van der Waals surface area (Å²) < 4.78 is 33.3. The van der Waals surface area contributed by atoms with Crippen LogP contribution in [-0.4, -0.2) is 85.7 Å². The molecule has 4 fully saturated rings. The molecule has 390 valence electrons. The highest BCUT2D eigenvalue weighted by atomic mass is 16.6. The molecule has 0 radical (unpaired) electrons. The van der Waals surface area contributed by atoms with Crippen molar-refractivity contribution < 1.29 is 62.3 Å². The molecule has 4 rings (SSSR count). The minimum Gasteiger partial charge on any atom is -0.462 e. The van der Waals surface area contributed by atoms with Crippen molar-refractivity contribution in [2.75, 3.05) is 26.4 Å². The van der Waals surface area contributed by atoms with E-state index in [1.165, 1.54) is 128 Å². The van der Waals surface area contributed by atoms with Crippen LogP contribution in [0.1, 0.15) is 244 Å². The standard InChI is InChI=1S/C55H92O13/c56-47(31-17-37-54(61)67-48(39-63-50(57)33-13-27-43-19-5-1-6-20-43)40-64-51(58)34-14-28-44-21-7-2-8-22-44)32-18-38-55(62)68-49(41-65-52(59)35-15-29-45-23-9-3-10-24-45)42-66-53(60)36-16-30-46-25-11-4-12-26-46/h43-49,56H,1-42H2. The van der Waals surface area contributed by atoms with E-state index in [4.69, 9.17) is 28.4 Å². The molecule has 0 atom stereocenters. The second kappa shape index (κ2) is 35.8. The Morgan fingerprint density at radius 2 is 0.574 bits per heavy atom. The highest BCUT2D eigenvalue weighted by molar-refractivity contribution is 5.72. The molecule has 4 saturated carbocycles. The van der Waals surface area contributed by atoms with Crippen molar-refractivity contribution in [3.05, 3.63) is 0 Å². The van der Waals surface area contributed by atoms with Gasteiger partial charge in [-0.2, -0.15) is 0 Å². The zero-order valence-corrected chi connectivity index (χ0v) is 42.1. The van der Waals surface area contributed by atoms with Gasteiger partial charge < -0.3 is 33.5 Å². The fraction of sp³-hybridized carbons (Fsp3) is 0.891. The number of aliphatic hydroxyl groups is 1. The molecule has 0 spiro atoms. The molecule has 0 aliphatic heterocycles. The SMILES string of the molecule is O=C(CCCC1CCCCC1)OCC(COC(=O)CCCC1CCCCC1)OC(=O)CCCC(O)CCCC(=O)OC(COC(=O)CCCC1CCCCC1)COC(=O)CCCC1CCCCC1. The van der Waals surface area contributed by atoms with Crippen LogP contribution in [0.2, 0.25) is 0 Å². The van der Waals surface area contributed by atoms with Crippen molar-refractivity contribution in [1.82, 2.24) is 0 Å². The van der Waals surface area contributed by atoms with Crippen molar-refractivity contribution in [2.24, 2.45) is 23.7 Å². The normalized spacial score (nSPS) is 17.8. The molecular weight excluding hydrogens is 869 g/mol. The van der Waals surface area contributed by atoms with Gasteiger partial charge in [-0.05, 0) is 101 Å².